The van der Waals surface area contributed by atoms with E-state index >= 15 is 0 Å². The fraction of sp³-hybridized carbons (Fsp3) is 0.333. The second-order valence-electron chi connectivity index (χ2n) is 3.99. The van der Waals surface area contributed by atoms with Crippen molar-refractivity contribution in [3.8, 4) is 0 Å². The van der Waals surface area contributed by atoms with Crippen molar-refractivity contribution in [2.24, 2.45) is 11.5 Å². The van der Waals surface area contributed by atoms with Crippen LogP contribution in [-0.2, 0) is 15.1 Å². The number of primary amides is 1. The lowest BCUT2D eigenvalue weighted by Gasteiger charge is -2.23. The molecule has 6 nitrogen and oxygen atoms in total. The Bertz CT molecular complexity index is 418. The van der Waals surface area contributed by atoms with Crippen molar-refractivity contribution in [1.29, 1.82) is 0 Å². The van der Waals surface area contributed by atoms with Gasteiger partial charge in [-0.25, -0.2) is 4.79 Å². The Labute approximate surface area is 105 Å². The third-order valence-corrected chi connectivity index (χ3v) is 2.48. The van der Waals surface area contributed by atoms with Gasteiger partial charge < -0.3 is 21.5 Å². The summed E-state index contributed by atoms with van der Waals surface area (Å²) in [6.07, 6.45) is -0.872. The van der Waals surface area contributed by atoms with Crippen molar-refractivity contribution >= 4 is 12.0 Å². The first-order valence-corrected chi connectivity index (χ1v) is 5.49. The molecule has 18 heavy (non-hydrogen) atoms. The Hall–Kier alpha value is -2.08. The summed E-state index contributed by atoms with van der Waals surface area (Å²) in [6, 6.07) is 9.02. The second kappa shape index (κ2) is 6.02. The maximum atomic E-state index is 11.9. The molecule has 0 bridgehead atoms. The first-order valence-electron chi connectivity index (χ1n) is 5.49. The first-order chi connectivity index (χ1) is 8.44. The number of ether oxygens (including phenoxy) is 1. The zero-order chi connectivity index (χ0) is 13.6. The summed E-state index contributed by atoms with van der Waals surface area (Å²) in [6.45, 7) is 1.81. The van der Waals surface area contributed by atoms with E-state index in [-0.39, 0.29) is 19.1 Å². The van der Waals surface area contributed by atoms with Crippen molar-refractivity contribution in [3.63, 3.8) is 0 Å². The molecular weight excluding hydrogens is 234 g/mol. The minimum absolute atomic E-state index is 0.0198. The molecule has 1 rings (SSSR count). The first kappa shape index (κ1) is 14.0. The van der Waals surface area contributed by atoms with E-state index < -0.39 is 11.6 Å². The molecule has 98 valence electrons. The van der Waals surface area contributed by atoms with Crippen LogP contribution < -0.4 is 16.8 Å². The highest BCUT2D eigenvalue weighted by atomic mass is 16.5. The van der Waals surface area contributed by atoms with Gasteiger partial charge in [0.1, 0.15) is 12.1 Å². The molecule has 0 aliphatic rings. The van der Waals surface area contributed by atoms with Gasteiger partial charge in [-0.15, -0.1) is 0 Å². The average molecular weight is 251 g/mol. The largest absolute Gasteiger partial charge is 0.448 e. The van der Waals surface area contributed by atoms with Gasteiger partial charge in [0.2, 0.25) is 5.91 Å². The minimum Gasteiger partial charge on any atom is -0.448 e. The fourth-order valence-electron chi connectivity index (χ4n) is 1.42. The van der Waals surface area contributed by atoms with Crippen LogP contribution >= 0.6 is 0 Å². The maximum Gasteiger partial charge on any atom is 0.404 e. The molecule has 0 fully saturated rings. The van der Waals surface area contributed by atoms with Gasteiger partial charge in [0.05, 0.1) is 6.54 Å². The van der Waals surface area contributed by atoms with E-state index in [2.05, 4.69) is 10.1 Å². The molecule has 0 saturated heterocycles. The molecule has 5 N–H and O–H groups in total. The molecule has 0 aromatic heterocycles. The highest BCUT2D eigenvalue weighted by Gasteiger charge is 2.29. The van der Waals surface area contributed by atoms with Gasteiger partial charge in [-0.2, -0.15) is 0 Å². The highest BCUT2D eigenvalue weighted by Crippen LogP contribution is 2.16. The van der Waals surface area contributed by atoms with Crippen LogP contribution in [0, 0.1) is 0 Å². The van der Waals surface area contributed by atoms with E-state index in [1.165, 1.54) is 0 Å². The lowest BCUT2D eigenvalue weighted by molar-refractivity contribution is -0.126. The van der Waals surface area contributed by atoms with Crippen molar-refractivity contribution < 1.29 is 14.3 Å². The van der Waals surface area contributed by atoms with Gasteiger partial charge in [0, 0.05) is 0 Å². The summed E-state index contributed by atoms with van der Waals surface area (Å²) in [5.41, 5.74) is 10.3. The standard InChI is InChI=1S/C12H17N3O3/c1-12(14,9-5-3-2-4-6-9)10(16)15-7-8-18-11(13)17/h2-6H,7-8,14H2,1H3,(H2,13,17)(H,15,16). The molecule has 0 saturated carbocycles. The lowest BCUT2D eigenvalue weighted by Crippen LogP contribution is -2.49. The molecule has 1 unspecified atom stereocenters. The van der Waals surface area contributed by atoms with E-state index in [1.54, 1.807) is 19.1 Å². The maximum absolute atomic E-state index is 11.9. The van der Waals surface area contributed by atoms with Crippen LogP contribution in [0.4, 0.5) is 4.79 Å². The third-order valence-electron chi connectivity index (χ3n) is 2.48. The van der Waals surface area contributed by atoms with Crippen molar-refractivity contribution in [2.75, 3.05) is 13.2 Å². The van der Waals surface area contributed by atoms with E-state index in [4.69, 9.17) is 11.5 Å². The SMILES string of the molecule is CC(N)(C(=O)NCCOC(N)=O)c1ccccc1. The highest BCUT2D eigenvalue weighted by molar-refractivity contribution is 5.86. The smallest absolute Gasteiger partial charge is 0.404 e. The lowest BCUT2D eigenvalue weighted by atomic mass is 9.92. The van der Waals surface area contributed by atoms with Crippen LogP contribution in [0.25, 0.3) is 0 Å². The molecule has 0 spiro atoms. The summed E-state index contributed by atoms with van der Waals surface area (Å²) < 4.78 is 4.49. The number of benzene rings is 1. The molecular formula is C12H17N3O3. The number of rotatable bonds is 5. The van der Waals surface area contributed by atoms with Crippen LogP contribution in [0.2, 0.25) is 0 Å². The van der Waals surface area contributed by atoms with Gasteiger partial charge >= 0.3 is 6.09 Å². The van der Waals surface area contributed by atoms with Crippen LogP contribution in [0.3, 0.4) is 0 Å². The Balaban J connectivity index is 2.52. The minimum atomic E-state index is -1.13. The molecule has 6 heteroatoms. The monoisotopic (exact) mass is 251 g/mol. The Morgan fingerprint density at radius 1 is 1.33 bits per heavy atom. The Kier molecular flexibility index (Phi) is 4.67. The second-order valence-corrected chi connectivity index (χ2v) is 3.99. The predicted octanol–water partition coefficient (Wildman–Crippen LogP) is 0.0720. The van der Waals surface area contributed by atoms with Gasteiger partial charge in [-0.3, -0.25) is 4.79 Å². The van der Waals surface area contributed by atoms with E-state index in [1.807, 2.05) is 18.2 Å². The van der Waals surface area contributed by atoms with E-state index in [0.717, 1.165) is 0 Å². The normalized spacial score (nSPS) is 13.4. The van der Waals surface area contributed by atoms with Gasteiger partial charge in [-0.05, 0) is 12.5 Å². The summed E-state index contributed by atoms with van der Waals surface area (Å²) in [4.78, 5) is 22.2. The number of hydrogen-bond acceptors (Lipinski definition) is 4. The van der Waals surface area contributed by atoms with Crippen LogP contribution in [-0.4, -0.2) is 25.2 Å². The number of nitrogens with two attached hydrogens (primary N) is 2. The summed E-state index contributed by atoms with van der Waals surface area (Å²) in [5, 5.41) is 2.58. The summed E-state index contributed by atoms with van der Waals surface area (Å²) >= 11 is 0. The molecule has 1 aromatic rings. The molecule has 2 amide bonds. The summed E-state index contributed by atoms with van der Waals surface area (Å²) in [7, 11) is 0. The molecule has 0 radical (unpaired) electrons. The molecule has 0 aliphatic carbocycles. The van der Waals surface area contributed by atoms with Gasteiger partial charge in [-0.1, -0.05) is 30.3 Å². The number of carbonyl (C=O) groups is 2. The number of amides is 2. The molecule has 0 heterocycles. The predicted molar refractivity (Wildman–Crippen MR) is 66.5 cm³/mol. The van der Waals surface area contributed by atoms with Crippen molar-refractivity contribution in [2.45, 2.75) is 12.5 Å². The Morgan fingerprint density at radius 3 is 2.50 bits per heavy atom. The van der Waals surface area contributed by atoms with Crippen LogP contribution in [0.1, 0.15) is 12.5 Å². The van der Waals surface area contributed by atoms with E-state index in [9.17, 15) is 9.59 Å². The quantitative estimate of drug-likeness (QED) is 0.644. The molecule has 1 aromatic carbocycles. The fourth-order valence-corrected chi connectivity index (χ4v) is 1.42. The van der Waals surface area contributed by atoms with Crippen LogP contribution in [0.5, 0.6) is 0 Å². The number of hydrogen-bond donors (Lipinski definition) is 3. The third kappa shape index (κ3) is 3.74. The number of nitrogens with one attached hydrogen (secondary N) is 1. The van der Waals surface area contributed by atoms with Gasteiger partial charge in [0.25, 0.3) is 0 Å². The van der Waals surface area contributed by atoms with E-state index in [0.29, 0.717) is 5.56 Å². The Morgan fingerprint density at radius 2 is 1.94 bits per heavy atom. The zero-order valence-corrected chi connectivity index (χ0v) is 10.2. The van der Waals surface area contributed by atoms with Crippen LogP contribution in [0.15, 0.2) is 30.3 Å². The molecule has 0 aliphatic heterocycles. The van der Waals surface area contributed by atoms with Gasteiger partial charge in [0.15, 0.2) is 0 Å². The summed E-state index contributed by atoms with van der Waals surface area (Å²) in [5.74, 6) is -0.346. The average Bonchev–Trinajstić information content (AvgIpc) is 2.35. The van der Waals surface area contributed by atoms with Crippen molar-refractivity contribution in [3.05, 3.63) is 35.9 Å². The number of carbonyl (C=O) groups excluding carboxylic acids is 2. The van der Waals surface area contributed by atoms with Crippen molar-refractivity contribution in [1.82, 2.24) is 5.32 Å². The topological polar surface area (TPSA) is 107 Å². The zero-order valence-electron chi connectivity index (χ0n) is 10.2. The molecule has 1 atom stereocenters.